The van der Waals surface area contributed by atoms with Crippen molar-refractivity contribution in [1.29, 1.82) is 0 Å². The first-order valence-electron chi connectivity index (χ1n) is 9.86. The Bertz CT molecular complexity index is 953. The zero-order chi connectivity index (χ0) is 18.4. The van der Waals surface area contributed by atoms with Crippen LogP contribution in [0.1, 0.15) is 48.1 Å². The molecule has 7 nitrogen and oxygen atoms in total. The highest BCUT2D eigenvalue weighted by Crippen LogP contribution is 2.30. The molecule has 0 bridgehead atoms. The Balaban J connectivity index is 1.33. The van der Waals surface area contributed by atoms with Crippen LogP contribution in [0.25, 0.3) is 5.82 Å². The maximum atomic E-state index is 4.66. The van der Waals surface area contributed by atoms with Crippen LogP contribution in [0.2, 0.25) is 0 Å². The van der Waals surface area contributed by atoms with E-state index >= 15 is 0 Å². The summed E-state index contributed by atoms with van der Waals surface area (Å²) in [6, 6.07) is 6.60. The molecule has 27 heavy (non-hydrogen) atoms. The quantitative estimate of drug-likeness (QED) is 0.716. The molecule has 140 valence electrons. The molecule has 0 aromatic carbocycles. The second-order valence-corrected chi connectivity index (χ2v) is 7.73. The average molecular weight is 363 g/mol. The van der Waals surface area contributed by atoms with Gasteiger partial charge in [-0.3, -0.25) is 0 Å². The van der Waals surface area contributed by atoms with Gasteiger partial charge in [0.1, 0.15) is 0 Å². The number of aryl methyl sites for hydroxylation is 3. The smallest absolute Gasteiger partial charge is 0.176 e. The van der Waals surface area contributed by atoms with Gasteiger partial charge in [-0.05, 0) is 64.2 Å². The summed E-state index contributed by atoms with van der Waals surface area (Å²) in [6.45, 7) is 6.00. The van der Waals surface area contributed by atoms with Crippen LogP contribution in [0.15, 0.2) is 24.5 Å². The molecule has 1 fully saturated rings. The highest BCUT2D eigenvalue weighted by molar-refractivity contribution is 5.41. The van der Waals surface area contributed by atoms with Crippen molar-refractivity contribution in [2.75, 3.05) is 18.0 Å². The molecule has 0 amide bonds. The van der Waals surface area contributed by atoms with Crippen molar-refractivity contribution in [2.24, 2.45) is 0 Å². The van der Waals surface area contributed by atoms with Gasteiger partial charge in [0.25, 0.3) is 0 Å². The minimum Gasteiger partial charge on any atom is -0.353 e. The van der Waals surface area contributed by atoms with Gasteiger partial charge in [-0.1, -0.05) is 0 Å². The van der Waals surface area contributed by atoms with Crippen LogP contribution >= 0.6 is 0 Å². The summed E-state index contributed by atoms with van der Waals surface area (Å²) in [7, 11) is 0. The molecule has 3 aromatic rings. The Morgan fingerprint density at radius 1 is 1.04 bits per heavy atom. The van der Waals surface area contributed by atoms with Gasteiger partial charge in [0, 0.05) is 24.5 Å². The second-order valence-electron chi connectivity index (χ2n) is 7.73. The summed E-state index contributed by atoms with van der Waals surface area (Å²) in [4.78, 5) is 6.99. The lowest BCUT2D eigenvalue weighted by atomic mass is 10.0. The normalized spacial score (nSPS) is 19.5. The molecular formula is C20H25N7. The Morgan fingerprint density at radius 3 is 2.63 bits per heavy atom. The maximum Gasteiger partial charge on any atom is 0.176 e. The molecule has 5 rings (SSSR count). The molecule has 0 saturated carbocycles. The van der Waals surface area contributed by atoms with E-state index in [1.807, 2.05) is 30.7 Å². The van der Waals surface area contributed by atoms with E-state index in [0.29, 0.717) is 6.04 Å². The Morgan fingerprint density at radius 2 is 1.85 bits per heavy atom. The standard InChI is InChI=1S/C20H25N7/c1-14-11-15(2)27(24-14)20-8-7-19(22-23-20)25-10-9-16(12-25)26-13-21-17-5-3-4-6-18(17)26/h7-8,11,13,16H,3-6,9-10,12H2,1-2H3. The summed E-state index contributed by atoms with van der Waals surface area (Å²) in [5.74, 6) is 1.71. The van der Waals surface area contributed by atoms with Gasteiger partial charge in [-0.15, -0.1) is 10.2 Å². The monoisotopic (exact) mass is 363 g/mol. The summed E-state index contributed by atoms with van der Waals surface area (Å²) in [5, 5.41) is 13.4. The number of fused-ring (bicyclic) bond motifs is 1. The molecule has 1 aliphatic carbocycles. The van der Waals surface area contributed by atoms with Gasteiger partial charge >= 0.3 is 0 Å². The van der Waals surface area contributed by atoms with E-state index in [1.54, 1.807) is 0 Å². The van der Waals surface area contributed by atoms with Crippen molar-refractivity contribution < 1.29 is 0 Å². The van der Waals surface area contributed by atoms with E-state index in [-0.39, 0.29) is 0 Å². The Labute approximate surface area is 159 Å². The third-order valence-corrected chi connectivity index (χ3v) is 5.80. The third-order valence-electron chi connectivity index (χ3n) is 5.80. The number of rotatable bonds is 3. The first-order valence-corrected chi connectivity index (χ1v) is 9.86. The summed E-state index contributed by atoms with van der Waals surface area (Å²) < 4.78 is 4.27. The van der Waals surface area contributed by atoms with Gasteiger partial charge in [0.15, 0.2) is 11.6 Å². The first-order chi connectivity index (χ1) is 13.2. The van der Waals surface area contributed by atoms with E-state index < -0.39 is 0 Å². The molecule has 1 atom stereocenters. The van der Waals surface area contributed by atoms with Crippen molar-refractivity contribution in [2.45, 2.75) is 52.0 Å². The van der Waals surface area contributed by atoms with Crippen molar-refractivity contribution in [3.63, 3.8) is 0 Å². The number of nitrogens with zero attached hydrogens (tertiary/aromatic N) is 7. The number of hydrogen-bond acceptors (Lipinski definition) is 5. The predicted octanol–water partition coefficient (Wildman–Crippen LogP) is 2.81. The topological polar surface area (TPSA) is 64.7 Å². The largest absolute Gasteiger partial charge is 0.353 e. The van der Waals surface area contributed by atoms with E-state index in [4.69, 9.17) is 0 Å². The molecule has 7 heteroatoms. The molecule has 4 heterocycles. The van der Waals surface area contributed by atoms with Gasteiger partial charge in [0.2, 0.25) is 0 Å². The molecule has 3 aromatic heterocycles. The molecule has 2 aliphatic rings. The number of aromatic nitrogens is 6. The average Bonchev–Trinajstić information content (AvgIpc) is 3.39. The summed E-state index contributed by atoms with van der Waals surface area (Å²) >= 11 is 0. The van der Waals surface area contributed by atoms with E-state index in [9.17, 15) is 0 Å². The molecular weight excluding hydrogens is 338 g/mol. The lowest BCUT2D eigenvalue weighted by Crippen LogP contribution is -2.23. The van der Waals surface area contributed by atoms with E-state index in [1.165, 1.54) is 30.7 Å². The van der Waals surface area contributed by atoms with Gasteiger partial charge < -0.3 is 9.47 Å². The highest BCUT2D eigenvalue weighted by atomic mass is 15.4. The van der Waals surface area contributed by atoms with Crippen LogP contribution in [-0.4, -0.2) is 42.6 Å². The third kappa shape index (κ3) is 2.91. The fourth-order valence-corrected chi connectivity index (χ4v) is 4.44. The minimum absolute atomic E-state index is 0.483. The van der Waals surface area contributed by atoms with Crippen LogP contribution in [0.4, 0.5) is 5.82 Å². The maximum absolute atomic E-state index is 4.66. The summed E-state index contributed by atoms with van der Waals surface area (Å²) in [5.41, 5.74) is 4.83. The molecule has 1 saturated heterocycles. The van der Waals surface area contributed by atoms with Crippen molar-refractivity contribution >= 4 is 5.82 Å². The van der Waals surface area contributed by atoms with Crippen LogP contribution in [0, 0.1) is 13.8 Å². The molecule has 0 spiro atoms. The van der Waals surface area contributed by atoms with E-state index in [2.05, 4.69) is 42.1 Å². The Hall–Kier alpha value is -2.70. The van der Waals surface area contributed by atoms with Crippen LogP contribution in [0.5, 0.6) is 0 Å². The number of imidazole rings is 1. The molecule has 0 N–H and O–H groups in total. The Kier molecular flexibility index (Phi) is 3.95. The molecule has 1 aliphatic heterocycles. The van der Waals surface area contributed by atoms with Gasteiger partial charge in [-0.25, -0.2) is 9.67 Å². The van der Waals surface area contributed by atoms with E-state index in [0.717, 1.165) is 49.0 Å². The van der Waals surface area contributed by atoms with Crippen LogP contribution in [-0.2, 0) is 12.8 Å². The highest BCUT2D eigenvalue weighted by Gasteiger charge is 2.28. The fraction of sp³-hybridized carbons (Fsp3) is 0.500. The van der Waals surface area contributed by atoms with Crippen LogP contribution < -0.4 is 4.90 Å². The van der Waals surface area contributed by atoms with Crippen molar-refractivity contribution in [3.05, 3.63) is 47.3 Å². The molecule has 1 unspecified atom stereocenters. The predicted molar refractivity (Wildman–Crippen MR) is 103 cm³/mol. The van der Waals surface area contributed by atoms with Crippen LogP contribution in [0.3, 0.4) is 0 Å². The van der Waals surface area contributed by atoms with Crippen molar-refractivity contribution in [3.8, 4) is 5.82 Å². The summed E-state index contributed by atoms with van der Waals surface area (Å²) in [6.07, 6.45) is 8.05. The SMILES string of the molecule is Cc1cc(C)n(-c2ccc(N3CCC(n4cnc5c4CCCC5)C3)nn2)n1. The van der Waals surface area contributed by atoms with Gasteiger partial charge in [0.05, 0.1) is 23.8 Å². The number of hydrogen-bond donors (Lipinski definition) is 0. The zero-order valence-electron chi connectivity index (χ0n) is 16.0. The second kappa shape index (κ2) is 6.48. The lowest BCUT2D eigenvalue weighted by molar-refractivity contribution is 0.514. The lowest BCUT2D eigenvalue weighted by Gasteiger charge is -2.20. The van der Waals surface area contributed by atoms with Gasteiger partial charge in [-0.2, -0.15) is 5.10 Å². The zero-order valence-corrected chi connectivity index (χ0v) is 16.0. The first kappa shape index (κ1) is 16.5. The van der Waals surface area contributed by atoms with Crippen molar-refractivity contribution in [1.82, 2.24) is 29.5 Å². The number of anilines is 1. The minimum atomic E-state index is 0.483. The molecule has 0 radical (unpaired) electrons. The fourth-order valence-electron chi connectivity index (χ4n) is 4.44.